The van der Waals surface area contributed by atoms with Crippen molar-refractivity contribution < 1.29 is 26.8 Å². The van der Waals surface area contributed by atoms with E-state index in [0.717, 1.165) is 5.56 Å². The topological polar surface area (TPSA) is 120 Å². The van der Waals surface area contributed by atoms with E-state index in [1.165, 1.54) is 12.1 Å². The summed E-state index contributed by atoms with van der Waals surface area (Å²) in [5, 5.41) is 3.52. The van der Waals surface area contributed by atoms with Gasteiger partial charge in [-0.3, -0.25) is 4.18 Å². The van der Waals surface area contributed by atoms with Crippen LogP contribution in [0.5, 0.6) is 0 Å². The molecule has 0 amide bonds. The number of azide groups is 1. The summed E-state index contributed by atoms with van der Waals surface area (Å²) >= 11 is 0. The Morgan fingerprint density at radius 1 is 1.22 bits per heavy atom. The maximum absolute atomic E-state index is 12.2. The molecule has 1 aromatic rings. The molecule has 0 spiro atoms. The van der Waals surface area contributed by atoms with Crippen molar-refractivity contribution >= 4 is 10.1 Å². The summed E-state index contributed by atoms with van der Waals surface area (Å²) in [6.45, 7) is 4.70. The maximum Gasteiger partial charge on any atom is 0.296 e. The third kappa shape index (κ3) is 9.71. The Morgan fingerprint density at radius 3 is 2.56 bits per heavy atom. The van der Waals surface area contributed by atoms with E-state index >= 15 is 0 Å². The second-order valence-electron chi connectivity index (χ2n) is 6.11. The van der Waals surface area contributed by atoms with E-state index in [9.17, 15) is 8.42 Å². The van der Waals surface area contributed by atoms with Crippen LogP contribution in [0.3, 0.4) is 0 Å². The zero-order valence-corrected chi connectivity index (χ0v) is 16.7. The van der Waals surface area contributed by atoms with Crippen LogP contribution in [-0.4, -0.2) is 54.8 Å². The predicted octanol–water partition coefficient (Wildman–Crippen LogP) is 3.04. The lowest BCUT2D eigenvalue weighted by molar-refractivity contribution is -0.1000. The van der Waals surface area contributed by atoms with Crippen molar-refractivity contribution in [3.05, 3.63) is 40.3 Å². The van der Waals surface area contributed by atoms with Gasteiger partial charge in [0.1, 0.15) is 6.79 Å². The third-order valence-corrected chi connectivity index (χ3v) is 4.95. The highest BCUT2D eigenvalue weighted by molar-refractivity contribution is 7.86. The summed E-state index contributed by atoms with van der Waals surface area (Å²) in [5.41, 5.74) is 9.46. The van der Waals surface area contributed by atoms with Crippen LogP contribution in [0.15, 0.2) is 34.3 Å². The Hall–Kier alpha value is -1.68. The first kappa shape index (κ1) is 23.4. The van der Waals surface area contributed by atoms with Crippen molar-refractivity contribution in [2.45, 2.75) is 31.3 Å². The summed E-state index contributed by atoms with van der Waals surface area (Å²) in [6, 6.07) is 6.46. The number of hydrogen-bond donors (Lipinski definition) is 0. The molecule has 0 heterocycles. The molecule has 0 saturated heterocycles. The van der Waals surface area contributed by atoms with Crippen LogP contribution < -0.4 is 0 Å². The standard InChI is InChI=1S/C17H27N3O6S/c1-14-4-6-17(7-5-14)27(21,22)26-12-15(2)10-16(11-19-20-18)25-13-24-9-8-23-3/h4-7,15-16H,8-13H2,1-3H3/t15-,16+/m0/s1. The van der Waals surface area contributed by atoms with Crippen molar-refractivity contribution in [1.29, 1.82) is 0 Å². The van der Waals surface area contributed by atoms with Crippen LogP contribution in [-0.2, 0) is 28.5 Å². The van der Waals surface area contributed by atoms with Gasteiger partial charge in [-0.05, 0) is 36.9 Å². The summed E-state index contributed by atoms with van der Waals surface area (Å²) < 4.78 is 45.2. The fraction of sp³-hybridized carbons (Fsp3) is 0.647. The number of aryl methyl sites for hydroxylation is 1. The van der Waals surface area contributed by atoms with E-state index in [0.29, 0.717) is 19.6 Å². The maximum atomic E-state index is 12.2. The molecular formula is C17H27N3O6S. The van der Waals surface area contributed by atoms with Crippen molar-refractivity contribution in [1.82, 2.24) is 0 Å². The number of methoxy groups -OCH3 is 1. The SMILES string of the molecule is COCCOCO[C@@H](CN=[N+]=[N-])C[C@H](C)COS(=O)(=O)c1ccc(C)cc1. The van der Waals surface area contributed by atoms with Crippen LogP contribution in [0.25, 0.3) is 10.4 Å². The summed E-state index contributed by atoms with van der Waals surface area (Å²) in [5.74, 6) is -0.136. The molecular weight excluding hydrogens is 374 g/mol. The highest BCUT2D eigenvalue weighted by Gasteiger charge is 2.19. The molecule has 0 aromatic heterocycles. The normalized spacial score (nSPS) is 13.7. The fourth-order valence-corrected chi connectivity index (χ4v) is 3.18. The van der Waals surface area contributed by atoms with Gasteiger partial charge in [-0.15, -0.1) is 0 Å². The smallest absolute Gasteiger partial charge is 0.296 e. The first-order chi connectivity index (χ1) is 12.9. The van der Waals surface area contributed by atoms with Gasteiger partial charge in [-0.1, -0.05) is 29.7 Å². The third-order valence-electron chi connectivity index (χ3n) is 3.65. The minimum absolute atomic E-state index is 0.00311. The number of ether oxygens (including phenoxy) is 3. The van der Waals surface area contributed by atoms with Crippen LogP contribution in [0, 0.1) is 12.8 Å². The quantitative estimate of drug-likeness (QED) is 0.118. The number of rotatable bonds is 14. The Kier molecular flexibility index (Phi) is 11.0. The second kappa shape index (κ2) is 12.7. The highest BCUT2D eigenvalue weighted by Crippen LogP contribution is 2.17. The lowest BCUT2D eigenvalue weighted by Crippen LogP contribution is -2.24. The van der Waals surface area contributed by atoms with E-state index in [-0.39, 0.29) is 30.8 Å². The van der Waals surface area contributed by atoms with Crippen LogP contribution in [0.4, 0.5) is 0 Å². The molecule has 0 radical (unpaired) electrons. The Labute approximate surface area is 160 Å². The molecule has 1 aromatic carbocycles. The predicted molar refractivity (Wildman–Crippen MR) is 99.7 cm³/mol. The van der Waals surface area contributed by atoms with Gasteiger partial charge in [0.15, 0.2) is 0 Å². The van der Waals surface area contributed by atoms with E-state index in [2.05, 4.69) is 10.0 Å². The number of nitrogens with zero attached hydrogens (tertiary/aromatic N) is 3. The molecule has 152 valence electrons. The summed E-state index contributed by atoms with van der Waals surface area (Å²) in [4.78, 5) is 2.85. The molecule has 2 atom stereocenters. The van der Waals surface area contributed by atoms with Gasteiger partial charge in [0.25, 0.3) is 10.1 Å². The Morgan fingerprint density at radius 2 is 1.93 bits per heavy atom. The molecule has 0 fully saturated rings. The molecule has 0 saturated carbocycles. The van der Waals surface area contributed by atoms with Gasteiger partial charge in [-0.25, -0.2) is 0 Å². The van der Waals surface area contributed by atoms with Gasteiger partial charge in [0, 0.05) is 12.0 Å². The van der Waals surface area contributed by atoms with Gasteiger partial charge in [0.05, 0.1) is 37.4 Å². The molecule has 1 rings (SSSR count). The average molecular weight is 401 g/mol. The van der Waals surface area contributed by atoms with Gasteiger partial charge in [0.2, 0.25) is 0 Å². The minimum atomic E-state index is -3.81. The zero-order valence-electron chi connectivity index (χ0n) is 15.9. The largest absolute Gasteiger partial charge is 0.382 e. The van der Waals surface area contributed by atoms with Crippen LogP contribution >= 0.6 is 0 Å². The number of benzene rings is 1. The number of hydrogen-bond acceptors (Lipinski definition) is 7. The second-order valence-corrected chi connectivity index (χ2v) is 7.73. The molecule has 0 unspecified atom stereocenters. The van der Waals surface area contributed by atoms with Gasteiger partial charge >= 0.3 is 0 Å². The fourth-order valence-electron chi connectivity index (χ4n) is 2.16. The molecule has 0 bridgehead atoms. The summed E-state index contributed by atoms with van der Waals surface area (Å²) in [6.07, 6.45) is 0.0555. The lowest BCUT2D eigenvalue weighted by Gasteiger charge is -2.20. The van der Waals surface area contributed by atoms with Gasteiger partial charge < -0.3 is 14.2 Å². The van der Waals surface area contributed by atoms with Crippen molar-refractivity contribution in [3.63, 3.8) is 0 Å². The van der Waals surface area contributed by atoms with E-state index < -0.39 is 16.2 Å². The summed E-state index contributed by atoms with van der Waals surface area (Å²) in [7, 11) is -2.24. The molecule has 0 aliphatic rings. The lowest BCUT2D eigenvalue weighted by atomic mass is 10.1. The van der Waals surface area contributed by atoms with E-state index in [1.807, 2.05) is 13.8 Å². The molecule has 27 heavy (non-hydrogen) atoms. The van der Waals surface area contributed by atoms with Crippen molar-refractivity contribution in [2.24, 2.45) is 11.0 Å². The highest BCUT2D eigenvalue weighted by atomic mass is 32.2. The van der Waals surface area contributed by atoms with E-state index in [4.69, 9.17) is 23.9 Å². The average Bonchev–Trinajstić information content (AvgIpc) is 2.64. The first-order valence-electron chi connectivity index (χ1n) is 8.54. The van der Waals surface area contributed by atoms with Crippen LogP contribution in [0.2, 0.25) is 0 Å². The van der Waals surface area contributed by atoms with Crippen LogP contribution in [0.1, 0.15) is 18.9 Å². The van der Waals surface area contributed by atoms with Crippen molar-refractivity contribution in [3.8, 4) is 0 Å². The molecule has 10 heteroatoms. The van der Waals surface area contributed by atoms with E-state index in [1.54, 1.807) is 19.2 Å². The molecule has 9 nitrogen and oxygen atoms in total. The molecule has 0 aliphatic heterocycles. The monoisotopic (exact) mass is 401 g/mol. The zero-order chi connectivity index (χ0) is 20.1. The molecule has 0 aliphatic carbocycles. The van der Waals surface area contributed by atoms with Crippen molar-refractivity contribution in [2.75, 3.05) is 40.3 Å². The Bertz CT molecular complexity index is 689. The first-order valence-corrected chi connectivity index (χ1v) is 9.95. The molecule has 0 N–H and O–H groups in total. The van der Waals surface area contributed by atoms with Gasteiger partial charge in [-0.2, -0.15) is 8.42 Å². The Balaban J connectivity index is 2.50. The minimum Gasteiger partial charge on any atom is -0.382 e.